The van der Waals surface area contributed by atoms with E-state index in [9.17, 15) is 4.39 Å². The molecule has 0 spiro atoms. The Labute approximate surface area is 106 Å². The molecule has 1 aromatic heterocycles. The molecule has 0 amide bonds. The topological polar surface area (TPSA) is 42.1 Å². The molecule has 94 valence electrons. The SMILES string of the molecule is CCN(c1cc(CN)ccn1)c1ccccc1F. The first-order valence-electron chi connectivity index (χ1n) is 5.93. The highest BCUT2D eigenvalue weighted by Gasteiger charge is 2.12. The largest absolute Gasteiger partial charge is 0.326 e. The molecule has 0 aliphatic rings. The molecule has 2 N–H and O–H groups in total. The Morgan fingerprint density at radius 3 is 2.72 bits per heavy atom. The maximum atomic E-state index is 13.8. The van der Waals surface area contributed by atoms with Gasteiger partial charge in [0.25, 0.3) is 0 Å². The van der Waals surface area contributed by atoms with Crippen LogP contribution in [0.5, 0.6) is 0 Å². The first-order valence-corrected chi connectivity index (χ1v) is 5.93. The Hall–Kier alpha value is -1.94. The summed E-state index contributed by atoms with van der Waals surface area (Å²) in [6.07, 6.45) is 1.70. The zero-order chi connectivity index (χ0) is 13.0. The predicted octanol–water partition coefficient (Wildman–Crippen LogP) is 2.84. The minimum Gasteiger partial charge on any atom is -0.326 e. The molecule has 0 atom stereocenters. The van der Waals surface area contributed by atoms with Crippen LogP contribution >= 0.6 is 0 Å². The molecule has 1 heterocycles. The molecule has 3 nitrogen and oxygen atoms in total. The second-order valence-electron chi connectivity index (χ2n) is 3.92. The first-order chi connectivity index (χ1) is 8.76. The lowest BCUT2D eigenvalue weighted by Crippen LogP contribution is -2.19. The van der Waals surface area contributed by atoms with Gasteiger partial charge in [-0.1, -0.05) is 12.1 Å². The first kappa shape index (κ1) is 12.5. The van der Waals surface area contributed by atoms with Crippen LogP contribution in [-0.4, -0.2) is 11.5 Å². The van der Waals surface area contributed by atoms with E-state index >= 15 is 0 Å². The van der Waals surface area contributed by atoms with E-state index in [0.29, 0.717) is 24.6 Å². The fraction of sp³-hybridized carbons (Fsp3) is 0.214. The number of para-hydroxylation sites is 1. The van der Waals surface area contributed by atoms with Gasteiger partial charge in [0.15, 0.2) is 0 Å². The summed E-state index contributed by atoms with van der Waals surface area (Å²) in [5.74, 6) is 0.463. The molecule has 0 saturated carbocycles. The van der Waals surface area contributed by atoms with Gasteiger partial charge in [-0.15, -0.1) is 0 Å². The molecular formula is C14H16FN3. The van der Waals surface area contributed by atoms with Crippen molar-refractivity contribution in [2.45, 2.75) is 13.5 Å². The molecule has 0 unspecified atom stereocenters. The van der Waals surface area contributed by atoms with Crippen molar-refractivity contribution in [3.8, 4) is 0 Å². The number of halogens is 1. The summed E-state index contributed by atoms with van der Waals surface area (Å²) in [6, 6.07) is 10.4. The van der Waals surface area contributed by atoms with Crippen molar-refractivity contribution in [3.63, 3.8) is 0 Å². The molecule has 0 saturated heterocycles. The Morgan fingerprint density at radius 2 is 2.06 bits per heavy atom. The molecule has 2 rings (SSSR count). The lowest BCUT2D eigenvalue weighted by atomic mass is 10.2. The molecule has 0 bridgehead atoms. The van der Waals surface area contributed by atoms with E-state index in [4.69, 9.17) is 5.73 Å². The summed E-state index contributed by atoms with van der Waals surface area (Å²) in [5.41, 5.74) is 7.12. The van der Waals surface area contributed by atoms with Crippen LogP contribution in [0, 0.1) is 5.82 Å². The van der Waals surface area contributed by atoms with Crippen LogP contribution in [0.15, 0.2) is 42.6 Å². The summed E-state index contributed by atoms with van der Waals surface area (Å²) >= 11 is 0. The van der Waals surface area contributed by atoms with E-state index in [-0.39, 0.29) is 5.82 Å². The highest BCUT2D eigenvalue weighted by Crippen LogP contribution is 2.26. The number of aromatic nitrogens is 1. The van der Waals surface area contributed by atoms with Gasteiger partial charge < -0.3 is 10.6 Å². The third kappa shape index (κ3) is 2.49. The van der Waals surface area contributed by atoms with Gasteiger partial charge in [0.2, 0.25) is 0 Å². The van der Waals surface area contributed by atoms with Crippen LogP contribution in [-0.2, 0) is 6.54 Å². The van der Waals surface area contributed by atoms with Crippen molar-refractivity contribution in [2.24, 2.45) is 5.73 Å². The lowest BCUT2D eigenvalue weighted by Gasteiger charge is -2.22. The van der Waals surface area contributed by atoms with Crippen molar-refractivity contribution >= 4 is 11.5 Å². The molecular weight excluding hydrogens is 229 g/mol. The van der Waals surface area contributed by atoms with Crippen LogP contribution < -0.4 is 10.6 Å². The standard InChI is InChI=1S/C14H16FN3/c1-2-18(13-6-4-3-5-12(13)15)14-9-11(10-16)7-8-17-14/h3-9H,2,10,16H2,1H3. The van der Waals surface area contributed by atoms with Gasteiger partial charge >= 0.3 is 0 Å². The van der Waals surface area contributed by atoms with E-state index in [0.717, 1.165) is 5.56 Å². The number of pyridine rings is 1. The van der Waals surface area contributed by atoms with Crippen LogP contribution in [0.1, 0.15) is 12.5 Å². The van der Waals surface area contributed by atoms with Crippen molar-refractivity contribution in [3.05, 3.63) is 54.0 Å². The second-order valence-corrected chi connectivity index (χ2v) is 3.92. The Bertz CT molecular complexity index is 528. The van der Waals surface area contributed by atoms with Gasteiger partial charge in [-0.05, 0) is 36.8 Å². The maximum Gasteiger partial charge on any atom is 0.146 e. The van der Waals surface area contributed by atoms with Crippen molar-refractivity contribution in [1.29, 1.82) is 0 Å². The Balaban J connectivity index is 2.42. The lowest BCUT2D eigenvalue weighted by molar-refractivity contribution is 0.625. The smallest absolute Gasteiger partial charge is 0.146 e. The number of rotatable bonds is 4. The van der Waals surface area contributed by atoms with Crippen molar-refractivity contribution in [1.82, 2.24) is 4.98 Å². The van der Waals surface area contributed by atoms with Gasteiger partial charge in [-0.2, -0.15) is 0 Å². The number of benzene rings is 1. The molecule has 0 radical (unpaired) electrons. The quantitative estimate of drug-likeness (QED) is 0.900. The Kier molecular flexibility index (Phi) is 3.89. The van der Waals surface area contributed by atoms with Crippen LogP contribution in [0.3, 0.4) is 0 Å². The Morgan fingerprint density at radius 1 is 1.28 bits per heavy atom. The molecule has 4 heteroatoms. The highest BCUT2D eigenvalue weighted by atomic mass is 19.1. The van der Waals surface area contributed by atoms with E-state index in [1.165, 1.54) is 6.07 Å². The van der Waals surface area contributed by atoms with Crippen LogP contribution in [0.2, 0.25) is 0 Å². The van der Waals surface area contributed by atoms with Gasteiger partial charge in [-0.3, -0.25) is 0 Å². The summed E-state index contributed by atoms with van der Waals surface area (Å²) in [7, 11) is 0. The highest BCUT2D eigenvalue weighted by molar-refractivity contribution is 5.60. The van der Waals surface area contributed by atoms with E-state index < -0.39 is 0 Å². The molecule has 18 heavy (non-hydrogen) atoms. The van der Waals surface area contributed by atoms with Crippen LogP contribution in [0.25, 0.3) is 0 Å². The van der Waals surface area contributed by atoms with E-state index in [2.05, 4.69) is 4.98 Å². The predicted molar refractivity (Wildman–Crippen MR) is 71.2 cm³/mol. The molecule has 2 aromatic rings. The third-order valence-electron chi connectivity index (χ3n) is 2.78. The molecule has 0 aliphatic heterocycles. The maximum absolute atomic E-state index is 13.8. The van der Waals surface area contributed by atoms with E-state index in [1.807, 2.05) is 30.0 Å². The number of nitrogens with two attached hydrogens (primary N) is 1. The fourth-order valence-electron chi connectivity index (χ4n) is 1.86. The van der Waals surface area contributed by atoms with E-state index in [1.54, 1.807) is 18.3 Å². The summed E-state index contributed by atoms with van der Waals surface area (Å²) in [4.78, 5) is 6.11. The summed E-state index contributed by atoms with van der Waals surface area (Å²) < 4.78 is 13.8. The average molecular weight is 245 g/mol. The van der Waals surface area contributed by atoms with Gasteiger partial charge in [0, 0.05) is 19.3 Å². The normalized spacial score (nSPS) is 10.4. The molecule has 1 aromatic carbocycles. The molecule has 0 fully saturated rings. The second kappa shape index (κ2) is 5.60. The number of hydrogen-bond donors (Lipinski definition) is 1. The number of hydrogen-bond acceptors (Lipinski definition) is 3. The molecule has 0 aliphatic carbocycles. The number of anilines is 2. The zero-order valence-corrected chi connectivity index (χ0v) is 10.3. The van der Waals surface area contributed by atoms with Crippen LogP contribution in [0.4, 0.5) is 15.9 Å². The van der Waals surface area contributed by atoms with Crippen molar-refractivity contribution in [2.75, 3.05) is 11.4 Å². The minimum atomic E-state index is -0.251. The minimum absolute atomic E-state index is 0.251. The zero-order valence-electron chi connectivity index (χ0n) is 10.3. The van der Waals surface area contributed by atoms with Crippen molar-refractivity contribution < 1.29 is 4.39 Å². The number of nitrogens with zero attached hydrogens (tertiary/aromatic N) is 2. The third-order valence-corrected chi connectivity index (χ3v) is 2.78. The fourth-order valence-corrected chi connectivity index (χ4v) is 1.86. The van der Waals surface area contributed by atoms with Gasteiger partial charge in [0.1, 0.15) is 11.6 Å². The summed E-state index contributed by atoms with van der Waals surface area (Å²) in [6.45, 7) is 3.05. The summed E-state index contributed by atoms with van der Waals surface area (Å²) in [5, 5.41) is 0. The van der Waals surface area contributed by atoms with Gasteiger partial charge in [-0.25, -0.2) is 9.37 Å². The van der Waals surface area contributed by atoms with Gasteiger partial charge in [0.05, 0.1) is 5.69 Å². The average Bonchev–Trinajstić information content (AvgIpc) is 2.42. The monoisotopic (exact) mass is 245 g/mol.